The molecule has 0 aromatic rings. The van der Waals surface area contributed by atoms with Crippen LogP contribution in [0, 0.1) is 5.41 Å². The Labute approximate surface area is 75.1 Å². The van der Waals surface area contributed by atoms with Gasteiger partial charge in [0.25, 0.3) is 0 Å². The number of carbonyl (C=O) groups is 1. The van der Waals surface area contributed by atoms with Crippen molar-refractivity contribution in [2.75, 3.05) is 27.7 Å². The average molecular weight is 172 g/mol. The third-order valence-electron chi connectivity index (χ3n) is 2.03. The van der Waals surface area contributed by atoms with E-state index in [0.717, 1.165) is 13.0 Å². The lowest BCUT2D eigenvalue weighted by molar-refractivity contribution is -0.129. The van der Waals surface area contributed by atoms with E-state index >= 15 is 0 Å². The van der Waals surface area contributed by atoms with Gasteiger partial charge in [0, 0.05) is 12.5 Å². The topological polar surface area (TPSA) is 32.3 Å². The van der Waals surface area contributed by atoms with Crippen molar-refractivity contribution in [2.24, 2.45) is 5.41 Å². The van der Waals surface area contributed by atoms with Crippen molar-refractivity contribution in [3.63, 3.8) is 0 Å². The van der Waals surface area contributed by atoms with Crippen LogP contribution >= 0.6 is 0 Å². The van der Waals surface area contributed by atoms with Gasteiger partial charge in [-0.2, -0.15) is 0 Å². The highest BCUT2D eigenvalue weighted by Crippen LogP contribution is 2.19. The highest BCUT2D eigenvalue weighted by Gasteiger charge is 2.25. The molecule has 0 heterocycles. The zero-order valence-corrected chi connectivity index (χ0v) is 8.77. The maximum Gasteiger partial charge on any atom is 0.225 e. The molecule has 72 valence electrons. The van der Waals surface area contributed by atoms with Crippen molar-refractivity contribution in [1.82, 2.24) is 10.2 Å². The molecule has 0 aromatic carbocycles. The zero-order chi connectivity index (χ0) is 9.78. The number of carbonyl (C=O) groups excluding carboxylic acids is 1. The first-order chi connectivity index (χ1) is 5.40. The van der Waals surface area contributed by atoms with E-state index < -0.39 is 0 Å². The Balaban J connectivity index is 3.95. The normalized spacial score (nSPS) is 11.8. The largest absolute Gasteiger partial charge is 0.359 e. The molecular weight excluding hydrogens is 152 g/mol. The Morgan fingerprint density at radius 2 is 1.92 bits per heavy atom. The molecule has 0 aromatic heterocycles. The smallest absolute Gasteiger partial charge is 0.225 e. The maximum atomic E-state index is 11.3. The summed E-state index contributed by atoms with van der Waals surface area (Å²) in [4.78, 5) is 13.4. The molecule has 0 aliphatic rings. The van der Waals surface area contributed by atoms with Crippen molar-refractivity contribution < 1.29 is 4.79 Å². The first kappa shape index (κ1) is 11.4. The zero-order valence-electron chi connectivity index (χ0n) is 8.77. The van der Waals surface area contributed by atoms with Gasteiger partial charge in [0.15, 0.2) is 0 Å². The van der Waals surface area contributed by atoms with Gasteiger partial charge < -0.3 is 10.2 Å². The van der Waals surface area contributed by atoms with E-state index in [1.807, 2.05) is 27.9 Å². The standard InChI is InChI=1S/C9H20N2O/c1-9(2,8(12)10-3)6-7-11(4)5/h6-7H2,1-5H3,(H,10,12). The summed E-state index contributed by atoms with van der Waals surface area (Å²) in [5.41, 5.74) is -0.251. The summed E-state index contributed by atoms with van der Waals surface area (Å²) in [5.74, 6) is 0.115. The van der Waals surface area contributed by atoms with Gasteiger partial charge >= 0.3 is 0 Å². The fourth-order valence-electron chi connectivity index (χ4n) is 0.955. The Kier molecular flexibility index (Phi) is 4.24. The number of hydrogen-bond donors (Lipinski definition) is 1. The SMILES string of the molecule is CNC(=O)C(C)(C)CCN(C)C. The lowest BCUT2D eigenvalue weighted by atomic mass is 9.88. The molecule has 0 spiro atoms. The predicted octanol–water partition coefficient (Wildman–Crippen LogP) is 0.710. The van der Waals surface area contributed by atoms with E-state index in [0.29, 0.717) is 0 Å². The highest BCUT2D eigenvalue weighted by atomic mass is 16.2. The molecule has 0 unspecified atom stereocenters. The highest BCUT2D eigenvalue weighted by molar-refractivity contribution is 5.81. The first-order valence-electron chi connectivity index (χ1n) is 4.27. The van der Waals surface area contributed by atoms with Crippen LogP contribution in [0.5, 0.6) is 0 Å². The van der Waals surface area contributed by atoms with E-state index in [1.165, 1.54) is 0 Å². The van der Waals surface area contributed by atoms with Crippen molar-refractivity contribution >= 4 is 5.91 Å². The molecule has 3 heteroatoms. The fraction of sp³-hybridized carbons (Fsp3) is 0.889. The second-order valence-corrected chi connectivity index (χ2v) is 4.02. The van der Waals surface area contributed by atoms with Gasteiger partial charge in [-0.05, 0) is 27.1 Å². The second kappa shape index (κ2) is 4.45. The maximum absolute atomic E-state index is 11.3. The molecule has 0 bridgehead atoms. The molecular formula is C9H20N2O. The van der Waals surface area contributed by atoms with Crippen molar-refractivity contribution in [3.8, 4) is 0 Å². The summed E-state index contributed by atoms with van der Waals surface area (Å²) in [7, 11) is 5.71. The number of amides is 1. The van der Waals surface area contributed by atoms with Gasteiger partial charge in [0.2, 0.25) is 5.91 Å². The molecule has 1 N–H and O–H groups in total. The van der Waals surface area contributed by atoms with Crippen molar-refractivity contribution in [2.45, 2.75) is 20.3 Å². The lowest BCUT2D eigenvalue weighted by Gasteiger charge is -2.24. The summed E-state index contributed by atoms with van der Waals surface area (Å²) in [6.07, 6.45) is 0.889. The predicted molar refractivity (Wildman–Crippen MR) is 51.0 cm³/mol. The van der Waals surface area contributed by atoms with Crippen LogP contribution in [-0.2, 0) is 4.79 Å². The van der Waals surface area contributed by atoms with Gasteiger partial charge in [0.05, 0.1) is 0 Å². The van der Waals surface area contributed by atoms with Gasteiger partial charge in [-0.25, -0.2) is 0 Å². The summed E-state index contributed by atoms with van der Waals surface area (Å²) < 4.78 is 0. The van der Waals surface area contributed by atoms with Gasteiger partial charge in [-0.15, -0.1) is 0 Å². The van der Waals surface area contributed by atoms with Crippen LogP contribution in [0.4, 0.5) is 0 Å². The Bertz CT molecular complexity index is 153. The molecule has 0 saturated carbocycles. The van der Waals surface area contributed by atoms with Gasteiger partial charge in [-0.3, -0.25) is 4.79 Å². The van der Waals surface area contributed by atoms with Crippen LogP contribution in [0.2, 0.25) is 0 Å². The molecule has 1 amide bonds. The summed E-state index contributed by atoms with van der Waals surface area (Å²) >= 11 is 0. The number of nitrogens with one attached hydrogen (secondary N) is 1. The molecule has 0 saturated heterocycles. The summed E-state index contributed by atoms with van der Waals surface area (Å²) in [5, 5.41) is 2.67. The molecule has 0 rings (SSSR count). The molecule has 3 nitrogen and oxygen atoms in total. The van der Waals surface area contributed by atoms with E-state index in [1.54, 1.807) is 7.05 Å². The van der Waals surface area contributed by atoms with Crippen molar-refractivity contribution in [3.05, 3.63) is 0 Å². The van der Waals surface area contributed by atoms with E-state index in [9.17, 15) is 4.79 Å². The number of hydrogen-bond acceptors (Lipinski definition) is 2. The van der Waals surface area contributed by atoms with Crippen LogP contribution in [0.1, 0.15) is 20.3 Å². The molecule has 0 radical (unpaired) electrons. The summed E-state index contributed by atoms with van der Waals surface area (Å²) in [6.45, 7) is 4.88. The van der Waals surface area contributed by atoms with Gasteiger partial charge in [0.1, 0.15) is 0 Å². The number of nitrogens with zero attached hydrogens (tertiary/aromatic N) is 1. The first-order valence-corrected chi connectivity index (χ1v) is 4.27. The minimum atomic E-state index is -0.251. The number of rotatable bonds is 4. The third-order valence-corrected chi connectivity index (χ3v) is 2.03. The van der Waals surface area contributed by atoms with Gasteiger partial charge in [-0.1, -0.05) is 13.8 Å². The third kappa shape index (κ3) is 3.72. The van der Waals surface area contributed by atoms with Crippen LogP contribution in [0.25, 0.3) is 0 Å². The average Bonchev–Trinajstić information content (AvgIpc) is 1.99. The molecule has 0 atom stereocenters. The van der Waals surface area contributed by atoms with Crippen LogP contribution < -0.4 is 5.32 Å². The van der Waals surface area contributed by atoms with E-state index in [2.05, 4.69) is 10.2 Å². The quantitative estimate of drug-likeness (QED) is 0.677. The van der Waals surface area contributed by atoms with Crippen LogP contribution in [0.3, 0.4) is 0 Å². The van der Waals surface area contributed by atoms with Crippen molar-refractivity contribution in [1.29, 1.82) is 0 Å². The molecule has 12 heavy (non-hydrogen) atoms. The minimum Gasteiger partial charge on any atom is -0.359 e. The monoisotopic (exact) mass is 172 g/mol. The van der Waals surface area contributed by atoms with Crippen LogP contribution in [0.15, 0.2) is 0 Å². The Morgan fingerprint density at radius 3 is 2.25 bits per heavy atom. The Hall–Kier alpha value is -0.570. The molecule has 0 fully saturated rings. The minimum absolute atomic E-state index is 0.115. The molecule has 0 aliphatic carbocycles. The lowest BCUT2D eigenvalue weighted by Crippen LogP contribution is -2.36. The summed E-state index contributed by atoms with van der Waals surface area (Å²) in [6, 6.07) is 0. The van der Waals surface area contributed by atoms with Crippen LogP contribution in [-0.4, -0.2) is 38.5 Å². The fourth-order valence-corrected chi connectivity index (χ4v) is 0.955. The Morgan fingerprint density at radius 1 is 1.42 bits per heavy atom. The van der Waals surface area contributed by atoms with E-state index in [-0.39, 0.29) is 11.3 Å². The molecule has 0 aliphatic heterocycles. The van der Waals surface area contributed by atoms with E-state index in [4.69, 9.17) is 0 Å². The second-order valence-electron chi connectivity index (χ2n) is 4.02.